The Balaban J connectivity index is 1.33. The summed E-state index contributed by atoms with van der Waals surface area (Å²) in [6, 6.07) is 13.3. The van der Waals surface area contributed by atoms with Crippen LogP contribution in [0, 0.1) is 17.2 Å². The lowest BCUT2D eigenvalue weighted by atomic mass is 9.98. The lowest BCUT2D eigenvalue weighted by Gasteiger charge is -2.32. The smallest absolute Gasteiger partial charge is 0.317 e. The molecule has 37 heavy (non-hydrogen) atoms. The summed E-state index contributed by atoms with van der Waals surface area (Å²) < 4.78 is 11.3. The highest BCUT2D eigenvalue weighted by molar-refractivity contribution is 5.76. The number of nitriles is 1. The van der Waals surface area contributed by atoms with Crippen molar-refractivity contribution in [3.63, 3.8) is 0 Å². The third-order valence-corrected chi connectivity index (χ3v) is 7.10. The van der Waals surface area contributed by atoms with Gasteiger partial charge in [-0.25, -0.2) is 4.79 Å². The summed E-state index contributed by atoms with van der Waals surface area (Å²) in [6.07, 6.45) is 3.23. The van der Waals surface area contributed by atoms with E-state index in [9.17, 15) is 15.2 Å². The number of rotatable bonds is 6. The molecule has 2 amide bonds. The third-order valence-electron chi connectivity index (χ3n) is 7.10. The van der Waals surface area contributed by atoms with Crippen LogP contribution in [0.25, 0.3) is 22.8 Å². The Hall–Kier alpha value is -3.90. The first-order chi connectivity index (χ1) is 18.0. The second-order valence-electron chi connectivity index (χ2n) is 9.94. The molecule has 3 aromatic rings. The minimum atomic E-state index is -0.0731. The molecule has 5 rings (SSSR count). The van der Waals surface area contributed by atoms with Gasteiger partial charge >= 0.3 is 6.03 Å². The number of likely N-dealkylation sites (tertiary alicyclic amines) is 1. The second-order valence-corrected chi connectivity index (χ2v) is 9.94. The van der Waals surface area contributed by atoms with Gasteiger partial charge in [0, 0.05) is 30.8 Å². The minimum absolute atomic E-state index is 0.0415. The molecule has 1 atom stereocenters. The predicted octanol–water partition coefficient (Wildman–Crippen LogP) is 4.46. The van der Waals surface area contributed by atoms with Crippen molar-refractivity contribution in [1.29, 1.82) is 5.26 Å². The van der Waals surface area contributed by atoms with Crippen molar-refractivity contribution in [1.82, 2.24) is 20.4 Å². The van der Waals surface area contributed by atoms with E-state index in [4.69, 9.17) is 9.26 Å². The van der Waals surface area contributed by atoms with Gasteiger partial charge in [-0.05, 0) is 74.8 Å². The van der Waals surface area contributed by atoms with E-state index in [0.29, 0.717) is 41.7 Å². The SMILES string of the molecule is CC(C)Oc1ccc(-c2nc(-c3cccc4c3CCC4NC(=O)N3CCC(CO)CC3)no2)cc1C#N. The average molecular weight is 502 g/mol. The number of benzene rings is 2. The molecule has 1 fully saturated rings. The average Bonchev–Trinajstić information content (AvgIpc) is 3.56. The van der Waals surface area contributed by atoms with Gasteiger partial charge in [-0.3, -0.25) is 0 Å². The Kier molecular flexibility index (Phi) is 7.10. The zero-order valence-corrected chi connectivity index (χ0v) is 21.1. The van der Waals surface area contributed by atoms with Gasteiger partial charge in [-0.1, -0.05) is 23.4 Å². The number of hydrogen-bond donors (Lipinski definition) is 2. The number of urea groups is 1. The molecular weight excluding hydrogens is 470 g/mol. The van der Waals surface area contributed by atoms with Crippen LogP contribution in [-0.2, 0) is 6.42 Å². The number of nitrogens with one attached hydrogen (secondary N) is 1. The largest absolute Gasteiger partial charge is 0.490 e. The number of aliphatic hydroxyl groups excluding tert-OH is 1. The van der Waals surface area contributed by atoms with Crippen LogP contribution in [0.4, 0.5) is 4.79 Å². The molecule has 1 unspecified atom stereocenters. The van der Waals surface area contributed by atoms with E-state index in [-0.39, 0.29) is 30.7 Å². The fourth-order valence-electron chi connectivity index (χ4n) is 5.13. The standard InChI is InChI=1S/C28H31N5O4/c1-17(2)36-25-9-6-19(14-20(25)15-29)27-31-26(32-37-27)23-5-3-4-22-21(23)7-8-24(22)30-28(35)33-12-10-18(16-34)11-13-33/h3-6,9,14,17-18,24,34H,7-8,10-13,16H2,1-2H3,(H,30,35). The summed E-state index contributed by atoms with van der Waals surface area (Å²) in [6.45, 7) is 5.34. The monoisotopic (exact) mass is 501 g/mol. The van der Waals surface area contributed by atoms with Crippen LogP contribution in [0.15, 0.2) is 40.9 Å². The number of hydrogen-bond acceptors (Lipinski definition) is 7. The zero-order valence-electron chi connectivity index (χ0n) is 21.1. The molecule has 192 valence electrons. The van der Waals surface area contributed by atoms with E-state index in [1.54, 1.807) is 18.2 Å². The van der Waals surface area contributed by atoms with Gasteiger partial charge in [0.25, 0.3) is 5.89 Å². The summed E-state index contributed by atoms with van der Waals surface area (Å²) >= 11 is 0. The van der Waals surface area contributed by atoms with Gasteiger partial charge in [-0.2, -0.15) is 10.2 Å². The maximum absolute atomic E-state index is 12.9. The van der Waals surface area contributed by atoms with Crippen molar-refractivity contribution in [3.05, 3.63) is 53.1 Å². The Morgan fingerprint density at radius 3 is 2.81 bits per heavy atom. The fraction of sp³-hybridized carbons (Fsp3) is 0.429. The lowest BCUT2D eigenvalue weighted by Crippen LogP contribution is -2.45. The van der Waals surface area contributed by atoms with Crippen LogP contribution < -0.4 is 10.1 Å². The normalized spacial score (nSPS) is 17.5. The molecule has 1 aromatic heterocycles. The number of amides is 2. The molecule has 0 saturated carbocycles. The van der Waals surface area contributed by atoms with Gasteiger partial charge in [0.2, 0.25) is 5.82 Å². The first-order valence-electron chi connectivity index (χ1n) is 12.8. The van der Waals surface area contributed by atoms with Crippen molar-refractivity contribution in [2.75, 3.05) is 19.7 Å². The van der Waals surface area contributed by atoms with Crippen molar-refractivity contribution >= 4 is 6.03 Å². The Bertz CT molecular complexity index is 1320. The highest BCUT2D eigenvalue weighted by atomic mass is 16.5. The quantitative estimate of drug-likeness (QED) is 0.511. The Labute approximate surface area is 216 Å². The van der Waals surface area contributed by atoms with Gasteiger partial charge < -0.3 is 24.6 Å². The number of aliphatic hydroxyl groups is 1. The first kappa shape index (κ1) is 24.8. The van der Waals surface area contributed by atoms with Crippen molar-refractivity contribution in [3.8, 4) is 34.7 Å². The van der Waals surface area contributed by atoms with Crippen LogP contribution in [-0.4, -0.2) is 52.0 Å². The number of ether oxygens (including phenoxy) is 1. The highest BCUT2D eigenvalue weighted by Gasteiger charge is 2.30. The minimum Gasteiger partial charge on any atom is -0.490 e. The van der Waals surface area contributed by atoms with Gasteiger partial charge in [0.1, 0.15) is 11.8 Å². The molecule has 9 nitrogen and oxygen atoms in total. The van der Waals surface area contributed by atoms with Crippen molar-refractivity contribution in [2.45, 2.75) is 51.7 Å². The highest BCUT2D eigenvalue weighted by Crippen LogP contribution is 2.38. The van der Waals surface area contributed by atoms with Crippen LogP contribution >= 0.6 is 0 Å². The van der Waals surface area contributed by atoms with Crippen LogP contribution in [0.5, 0.6) is 5.75 Å². The molecule has 0 spiro atoms. The van der Waals surface area contributed by atoms with Crippen LogP contribution in [0.2, 0.25) is 0 Å². The van der Waals surface area contributed by atoms with E-state index in [1.807, 2.05) is 36.9 Å². The maximum Gasteiger partial charge on any atom is 0.317 e. The molecule has 2 N–H and O–H groups in total. The number of carbonyl (C=O) groups is 1. The summed E-state index contributed by atoms with van der Waals surface area (Å²) in [7, 11) is 0. The summed E-state index contributed by atoms with van der Waals surface area (Å²) in [4.78, 5) is 19.4. The molecule has 2 heterocycles. The number of carbonyl (C=O) groups excluding carboxylic acids is 1. The number of piperidine rings is 1. The zero-order chi connectivity index (χ0) is 25.9. The summed E-state index contributed by atoms with van der Waals surface area (Å²) in [5.74, 6) is 1.62. The van der Waals surface area contributed by atoms with Crippen LogP contribution in [0.1, 0.15) is 55.8 Å². The molecule has 0 radical (unpaired) electrons. The van der Waals surface area contributed by atoms with Gasteiger partial charge in [0.05, 0.1) is 17.7 Å². The molecule has 1 aliphatic heterocycles. The second kappa shape index (κ2) is 10.6. The van der Waals surface area contributed by atoms with E-state index in [1.165, 1.54) is 0 Å². The van der Waals surface area contributed by atoms with E-state index in [0.717, 1.165) is 42.4 Å². The van der Waals surface area contributed by atoms with E-state index >= 15 is 0 Å². The lowest BCUT2D eigenvalue weighted by molar-refractivity contribution is 0.135. The topological polar surface area (TPSA) is 125 Å². The number of fused-ring (bicyclic) bond motifs is 1. The first-order valence-corrected chi connectivity index (χ1v) is 12.8. The number of nitrogens with zero attached hydrogens (tertiary/aromatic N) is 4. The maximum atomic E-state index is 12.9. The number of aromatic nitrogens is 2. The van der Waals surface area contributed by atoms with Gasteiger partial charge in [-0.15, -0.1) is 0 Å². The molecular formula is C28H31N5O4. The van der Waals surface area contributed by atoms with Crippen molar-refractivity contribution in [2.24, 2.45) is 5.92 Å². The molecule has 2 aromatic carbocycles. The Morgan fingerprint density at radius 2 is 2.08 bits per heavy atom. The van der Waals surface area contributed by atoms with Gasteiger partial charge in [0.15, 0.2) is 0 Å². The van der Waals surface area contributed by atoms with Crippen LogP contribution in [0.3, 0.4) is 0 Å². The van der Waals surface area contributed by atoms with Crippen molar-refractivity contribution < 1.29 is 19.2 Å². The molecule has 0 bridgehead atoms. The summed E-state index contributed by atoms with van der Waals surface area (Å²) in [5.41, 5.74) is 4.12. The van der Waals surface area contributed by atoms with E-state index in [2.05, 4.69) is 21.5 Å². The molecule has 1 saturated heterocycles. The Morgan fingerprint density at radius 1 is 1.27 bits per heavy atom. The molecule has 9 heteroatoms. The third kappa shape index (κ3) is 5.16. The predicted molar refractivity (Wildman–Crippen MR) is 137 cm³/mol. The van der Waals surface area contributed by atoms with E-state index < -0.39 is 0 Å². The molecule has 2 aliphatic rings. The molecule has 1 aliphatic carbocycles. The fourth-order valence-corrected chi connectivity index (χ4v) is 5.13. The summed E-state index contributed by atoms with van der Waals surface area (Å²) in [5, 5.41) is 26.3.